The van der Waals surface area contributed by atoms with Crippen LogP contribution < -0.4 is 10.4 Å². The average Bonchev–Trinajstić information content (AvgIpc) is 2.66. The van der Waals surface area contributed by atoms with Crippen LogP contribution in [0.3, 0.4) is 0 Å². The van der Waals surface area contributed by atoms with E-state index in [9.17, 15) is 23.2 Å². The second-order valence-corrected chi connectivity index (χ2v) is 5.80. The Morgan fingerprint density at radius 1 is 1.04 bits per heavy atom. The molecule has 3 rings (SSSR count). The lowest BCUT2D eigenvalue weighted by Crippen LogP contribution is -2.27. The van der Waals surface area contributed by atoms with Gasteiger partial charge in [-0.05, 0) is 43.3 Å². The van der Waals surface area contributed by atoms with Gasteiger partial charge in [0.2, 0.25) is 5.78 Å². The first-order chi connectivity index (χ1) is 13.3. The summed E-state index contributed by atoms with van der Waals surface area (Å²) in [6, 6.07) is 12.9. The number of alkyl halides is 2. The van der Waals surface area contributed by atoms with Crippen LogP contribution in [-0.2, 0) is 4.74 Å². The number of carbonyl (C=O) groups excluding carboxylic acids is 2. The molecule has 0 fully saturated rings. The molecule has 144 valence electrons. The summed E-state index contributed by atoms with van der Waals surface area (Å²) in [4.78, 5) is 36.7. The third-order valence-electron chi connectivity index (χ3n) is 3.88. The Hall–Kier alpha value is -3.55. The fourth-order valence-electron chi connectivity index (χ4n) is 2.52. The molecule has 0 spiro atoms. The highest BCUT2D eigenvalue weighted by Gasteiger charge is 2.23. The maximum atomic E-state index is 12.4. The van der Waals surface area contributed by atoms with E-state index in [1.54, 1.807) is 24.3 Å². The van der Waals surface area contributed by atoms with E-state index < -0.39 is 30.1 Å². The van der Waals surface area contributed by atoms with Crippen LogP contribution in [0, 0.1) is 0 Å². The molecule has 0 saturated heterocycles. The topological polar surface area (TPSA) is 82.8 Å². The maximum Gasteiger partial charge on any atom is 0.387 e. The first kappa shape index (κ1) is 19.2. The standard InChI is InChI=1S/C20H14F2O6/c1-11(17(23)12-6-8-14(9-7-12)27-20(21)22)26-18(24)15-10-13-4-2-3-5-16(13)28-19(15)25/h2-11,20H,1H3/t11-/m0/s1. The van der Waals surface area contributed by atoms with Crippen molar-refractivity contribution >= 4 is 22.7 Å². The number of benzene rings is 2. The van der Waals surface area contributed by atoms with E-state index in [1.165, 1.54) is 37.3 Å². The van der Waals surface area contributed by atoms with Crippen LogP contribution in [0.25, 0.3) is 11.0 Å². The van der Waals surface area contributed by atoms with Crippen molar-refractivity contribution in [3.63, 3.8) is 0 Å². The fourth-order valence-corrected chi connectivity index (χ4v) is 2.52. The normalized spacial score (nSPS) is 12.0. The number of Topliss-reactive ketones (excluding diaryl/α,β-unsaturated/α-hetero) is 1. The number of ketones is 1. The summed E-state index contributed by atoms with van der Waals surface area (Å²) in [6.07, 6.45) is -1.21. The van der Waals surface area contributed by atoms with E-state index in [4.69, 9.17) is 9.15 Å². The van der Waals surface area contributed by atoms with Crippen LogP contribution in [0.1, 0.15) is 27.6 Å². The van der Waals surface area contributed by atoms with E-state index in [0.717, 1.165) is 0 Å². The highest BCUT2D eigenvalue weighted by Crippen LogP contribution is 2.17. The Balaban J connectivity index is 1.74. The number of hydrogen-bond acceptors (Lipinski definition) is 6. The predicted molar refractivity (Wildman–Crippen MR) is 94.8 cm³/mol. The van der Waals surface area contributed by atoms with Gasteiger partial charge in [0.05, 0.1) is 0 Å². The minimum Gasteiger partial charge on any atom is -0.450 e. The second-order valence-electron chi connectivity index (χ2n) is 5.80. The van der Waals surface area contributed by atoms with Gasteiger partial charge in [0.25, 0.3) is 0 Å². The van der Waals surface area contributed by atoms with Crippen LogP contribution in [0.2, 0.25) is 0 Å². The first-order valence-corrected chi connectivity index (χ1v) is 8.18. The zero-order valence-electron chi connectivity index (χ0n) is 14.6. The molecule has 8 heteroatoms. The summed E-state index contributed by atoms with van der Waals surface area (Å²) in [7, 11) is 0. The van der Waals surface area contributed by atoms with Crippen LogP contribution >= 0.6 is 0 Å². The van der Waals surface area contributed by atoms with Crippen molar-refractivity contribution in [2.75, 3.05) is 0 Å². The van der Waals surface area contributed by atoms with Crippen molar-refractivity contribution in [2.45, 2.75) is 19.6 Å². The minimum absolute atomic E-state index is 0.107. The Morgan fingerprint density at radius 3 is 2.39 bits per heavy atom. The molecule has 3 aromatic rings. The minimum atomic E-state index is -2.98. The van der Waals surface area contributed by atoms with Gasteiger partial charge in [-0.2, -0.15) is 8.78 Å². The van der Waals surface area contributed by atoms with Crippen LogP contribution in [0.15, 0.2) is 63.8 Å². The molecule has 0 amide bonds. The largest absolute Gasteiger partial charge is 0.450 e. The molecule has 2 aromatic carbocycles. The molecule has 0 aliphatic carbocycles. The van der Waals surface area contributed by atoms with Crippen molar-refractivity contribution < 1.29 is 32.3 Å². The molecule has 0 radical (unpaired) electrons. The quantitative estimate of drug-likeness (QED) is 0.363. The molecule has 0 N–H and O–H groups in total. The smallest absolute Gasteiger partial charge is 0.387 e. The lowest BCUT2D eigenvalue weighted by Gasteiger charge is -2.12. The van der Waals surface area contributed by atoms with E-state index >= 15 is 0 Å². The molecular formula is C20H14F2O6. The van der Waals surface area contributed by atoms with Gasteiger partial charge in [-0.3, -0.25) is 4.79 Å². The molecule has 0 bridgehead atoms. The zero-order chi connectivity index (χ0) is 20.3. The van der Waals surface area contributed by atoms with E-state index in [2.05, 4.69) is 4.74 Å². The zero-order valence-corrected chi connectivity index (χ0v) is 14.6. The summed E-state index contributed by atoms with van der Waals surface area (Å²) < 4.78 is 38.7. The molecule has 1 aromatic heterocycles. The molecule has 28 heavy (non-hydrogen) atoms. The highest BCUT2D eigenvalue weighted by molar-refractivity contribution is 6.01. The molecule has 0 aliphatic heterocycles. The predicted octanol–water partition coefficient (Wildman–Crippen LogP) is 3.82. The van der Waals surface area contributed by atoms with E-state index in [-0.39, 0.29) is 16.9 Å². The first-order valence-electron chi connectivity index (χ1n) is 8.18. The molecule has 0 unspecified atom stereocenters. The monoisotopic (exact) mass is 388 g/mol. The van der Waals surface area contributed by atoms with Crippen molar-refractivity contribution in [3.05, 3.63) is 76.1 Å². The van der Waals surface area contributed by atoms with E-state index in [1.807, 2.05) is 0 Å². The third kappa shape index (κ3) is 4.22. The van der Waals surface area contributed by atoms with Crippen molar-refractivity contribution in [3.8, 4) is 5.75 Å². The number of carbonyl (C=O) groups is 2. The number of halogens is 2. The number of fused-ring (bicyclic) bond motifs is 1. The third-order valence-corrected chi connectivity index (χ3v) is 3.88. The molecule has 1 heterocycles. The Kier molecular flexibility index (Phi) is 5.49. The van der Waals surface area contributed by atoms with Gasteiger partial charge in [-0.1, -0.05) is 18.2 Å². The van der Waals surface area contributed by atoms with Gasteiger partial charge in [0.15, 0.2) is 6.10 Å². The van der Waals surface area contributed by atoms with Crippen LogP contribution in [0.5, 0.6) is 5.75 Å². The van der Waals surface area contributed by atoms with E-state index in [0.29, 0.717) is 11.0 Å². The summed E-state index contributed by atoms with van der Waals surface area (Å²) in [6.45, 7) is -1.64. The number of rotatable bonds is 6. The summed E-state index contributed by atoms with van der Waals surface area (Å²) >= 11 is 0. The van der Waals surface area contributed by atoms with Crippen molar-refractivity contribution in [1.82, 2.24) is 0 Å². The fraction of sp³-hybridized carbons (Fsp3) is 0.150. The lowest BCUT2D eigenvalue weighted by molar-refractivity contribution is -0.0498. The van der Waals surface area contributed by atoms with Gasteiger partial charge in [-0.25, -0.2) is 9.59 Å². The Morgan fingerprint density at radius 2 is 1.71 bits per heavy atom. The molecule has 1 atom stereocenters. The number of para-hydroxylation sites is 1. The Bertz CT molecular complexity index is 1070. The SMILES string of the molecule is C[C@H](OC(=O)c1cc2ccccc2oc1=O)C(=O)c1ccc(OC(F)F)cc1. The van der Waals surface area contributed by atoms with Gasteiger partial charge in [0, 0.05) is 10.9 Å². The number of hydrogen-bond donors (Lipinski definition) is 0. The second kappa shape index (κ2) is 7.99. The van der Waals surface area contributed by atoms with Gasteiger partial charge in [0.1, 0.15) is 16.9 Å². The van der Waals surface area contributed by atoms with Gasteiger partial charge >= 0.3 is 18.2 Å². The van der Waals surface area contributed by atoms with Gasteiger partial charge in [-0.15, -0.1) is 0 Å². The molecule has 0 saturated carbocycles. The van der Waals surface area contributed by atoms with Crippen LogP contribution in [0.4, 0.5) is 8.78 Å². The average molecular weight is 388 g/mol. The van der Waals surface area contributed by atoms with Crippen molar-refractivity contribution in [1.29, 1.82) is 0 Å². The Labute approximate surface area is 157 Å². The highest BCUT2D eigenvalue weighted by atomic mass is 19.3. The molecule has 0 aliphatic rings. The number of esters is 1. The summed E-state index contributed by atoms with van der Waals surface area (Å²) in [5, 5.41) is 0.530. The summed E-state index contributed by atoms with van der Waals surface area (Å²) in [5.74, 6) is -1.68. The van der Waals surface area contributed by atoms with Gasteiger partial charge < -0.3 is 13.9 Å². The molecular weight excluding hydrogens is 374 g/mol. The van der Waals surface area contributed by atoms with Crippen molar-refractivity contribution in [2.24, 2.45) is 0 Å². The summed E-state index contributed by atoms with van der Waals surface area (Å²) in [5.41, 5.74) is -0.761. The lowest BCUT2D eigenvalue weighted by atomic mass is 10.1. The molecule has 6 nitrogen and oxygen atoms in total. The number of ether oxygens (including phenoxy) is 2. The maximum absolute atomic E-state index is 12.4. The van der Waals surface area contributed by atoms with Crippen LogP contribution in [-0.4, -0.2) is 24.5 Å².